The number of hydrogen-bond donors (Lipinski definition) is 3. The third kappa shape index (κ3) is 5.60. The monoisotopic (exact) mass is 275 g/mol. The molecule has 1 rings (SSSR count). The van der Waals surface area contributed by atoms with E-state index in [1.807, 2.05) is 0 Å². The normalized spacial score (nSPS) is 12.7. The summed E-state index contributed by atoms with van der Waals surface area (Å²) in [5.74, 6) is 0.163. The highest BCUT2D eigenvalue weighted by Crippen LogP contribution is 2.28. The first-order valence-electron chi connectivity index (χ1n) is 5.76. The molecule has 0 aliphatic carbocycles. The number of benzene rings is 1. The van der Waals surface area contributed by atoms with Gasteiger partial charge >= 0.3 is 6.18 Å². The summed E-state index contributed by atoms with van der Waals surface area (Å²) in [5.41, 5.74) is 5.41. The number of nitrogens with zero attached hydrogens (tertiary/aromatic N) is 1. The summed E-state index contributed by atoms with van der Waals surface area (Å²) in [5, 5.41) is 14.2. The van der Waals surface area contributed by atoms with Gasteiger partial charge in [0.05, 0.1) is 5.56 Å². The maximum atomic E-state index is 12.3. The molecule has 0 saturated heterocycles. The lowest BCUT2D eigenvalue weighted by molar-refractivity contribution is -0.137. The fourth-order valence-electron chi connectivity index (χ4n) is 1.49. The van der Waals surface area contributed by atoms with E-state index in [2.05, 4.69) is 10.5 Å². The van der Waals surface area contributed by atoms with Crippen LogP contribution in [0, 0.1) is 0 Å². The first kappa shape index (κ1) is 15.3. The molecule has 4 N–H and O–H groups in total. The van der Waals surface area contributed by atoms with E-state index in [1.165, 1.54) is 12.1 Å². The van der Waals surface area contributed by atoms with E-state index in [0.29, 0.717) is 25.9 Å². The molecule has 19 heavy (non-hydrogen) atoms. The van der Waals surface area contributed by atoms with Crippen molar-refractivity contribution in [2.75, 3.05) is 6.54 Å². The Balaban J connectivity index is 2.31. The Labute approximate surface area is 109 Å². The molecule has 7 heteroatoms. The molecule has 0 fully saturated rings. The van der Waals surface area contributed by atoms with Crippen LogP contribution in [0.4, 0.5) is 13.2 Å². The van der Waals surface area contributed by atoms with Crippen molar-refractivity contribution in [2.45, 2.75) is 25.6 Å². The number of hydrogen-bond acceptors (Lipinski definition) is 3. The molecule has 0 aliphatic heterocycles. The lowest BCUT2D eigenvalue weighted by Crippen LogP contribution is -2.18. The summed E-state index contributed by atoms with van der Waals surface area (Å²) in [6.07, 6.45) is -3.14. The Morgan fingerprint density at radius 3 is 2.42 bits per heavy atom. The smallest absolute Gasteiger partial charge is 0.409 e. The topological polar surface area (TPSA) is 70.6 Å². The lowest BCUT2D eigenvalue weighted by Gasteiger charge is -2.08. The van der Waals surface area contributed by atoms with Gasteiger partial charge in [-0.15, -0.1) is 0 Å². The van der Waals surface area contributed by atoms with Crippen molar-refractivity contribution in [1.29, 1.82) is 0 Å². The number of nitrogens with one attached hydrogen (secondary N) is 1. The summed E-state index contributed by atoms with van der Waals surface area (Å²) in [6.45, 7) is 1.12. The Bertz CT molecular complexity index is 415. The first-order chi connectivity index (χ1) is 8.93. The van der Waals surface area contributed by atoms with E-state index >= 15 is 0 Å². The molecule has 0 saturated carbocycles. The minimum Gasteiger partial charge on any atom is -0.409 e. The van der Waals surface area contributed by atoms with Crippen LogP contribution < -0.4 is 11.1 Å². The summed E-state index contributed by atoms with van der Waals surface area (Å²) in [7, 11) is 0. The number of halogens is 3. The number of rotatable bonds is 6. The van der Waals surface area contributed by atoms with Gasteiger partial charge < -0.3 is 16.3 Å². The van der Waals surface area contributed by atoms with Crippen LogP contribution >= 0.6 is 0 Å². The maximum Gasteiger partial charge on any atom is 0.416 e. The third-order valence-electron chi connectivity index (χ3n) is 2.53. The van der Waals surface area contributed by atoms with Crippen molar-refractivity contribution in [3.63, 3.8) is 0 Å². The predicted molar refractivity (Wildman–Crippen MR) is 65.8 cm³/mol. The van der Waals surface area contributed by atoms with Crippen molar-refractivity contribution in [1.82, 2.24) is 5.32 Å². The maximum absolute atomic E-state index is 12.3. The van der Waals surface area contributed by atoms with Crippen LogP contribution in [-0.2, 0) is 12.7 Å². The van der Waals surface area contributed by atoms with Gasteiger partial charge in [0.15, 0.2) is 0 Å². The quantitative estimate of drug-likeness (QED) is 0.245. The van der Waals surface area contributed by atoms with E-state index < -0.39 is 11.7 Å². The molecule has 106 valence electrons. The SMILES string of the molecule is NC(CCCNCc1ccc(C(F)(F)F)cc1)=NO. The first-order valence-corrected chi connectivity index (χ1v) is 5.76. The molecule has 1 aromatic rings. The molecule has 0 bridgehead atoms. The molecule has 0 aromatic heterocycles. The Morgan fingerprint density at radius 1 is 1.26 bits per heavy atom. The van der Waals surface area contributed by atoms with Crippen molar-refractivity contribution in [3.05, 3.63) is 35.4 Å². The van der Waals surface area contributed by atoms with Crippen molar-refractivity contribution in [3.8, 4) is 0 Å². The molecule has 0 atom stereocenters. The lowest BCUT2D eigenvalue weighted by atomic mass is 10.1. The zero-order valence-electron chi connectivity index (χ0n) is 10.2. The molecule has 0 radical (unpaired) electrons. The molecule has 0 spiro atoms. The van der Waals surface area contributed by atoms with Gasteiger partial charge in [-0.1, -0.05) is 17.3 Å². The second-order valence-corrected chi connectivity index (χ2v) is 4.07. The molecule has 0 unspecified atom stereocenters. The van der Waals surface area contributed by atoms with Crippen LogP contribution in [0.3, 0.4) is 0 Å². The van der Waals surface area contributed by atoms with Crippen LogP contribution in [0.5, 0.6) is 0 Å². The fraction of sp³-hybridized carbons (Fsp3) is 0.417. The van der Waals surface area contributed by atoms with Crippen LogP contribution in [0.25, 0.3) is 0 Å². The van der Waals surface area contributed by atoms with Crippen molar-refractivity contribution >= 4 is 5.84 Å². The van der Waals surface area contributed by atoms with Crippen LogP contribution in [0.15, 0.2) is 29.4 Å². The predicted octanol–water partition coefficient (Wildman–Crippen LogP) is 2.32. The van der Waals surface area contributed by atoms with E-state index in [1.54, 1.807) is 0 Å². The highest BCUT2D eigenvalue weighted by Gasteiger charge is 2.29. The average Bonchev–Trinajstić information content (AvgIpc) is 2.37. The molecular weight excluding hydrogens is 259 g/mol. The molecule has 1 aromatic carbocycles. The van der Waals surface area contributed by atoms with E-state index in [-0.39, 0.29) is 5.84 Å². The van der Waals surface area contributed by atoms with Crippen molar-refractivity contribution in [2.24, 2.45) is 10.9 Å². The Morgan fingerprint density at radius 2 is 1.89 bits per heavy atom. The van der Waals surface area contributed by atoms with Gasteiger partial charge in [0, 0.05) is 13.0 Å². The fourth-order valence-corrected chi connectivity index (χ4v) is 1.49. The number of amidine groups is 1. The zero-order valence-corrected chi connectivity index (χ0v) is 10.2. The summed E-state index contributed by atoms with van der Waals surface area (Å²) in [4.78, 5) is 0. The van der Waals surface area contributed by atoms with Gasteiger partial charge in [-0.05, 0) is 30.7 Å². The molecule has 0 heterocycles. The largest absolute Gasteiger partial charge is 0.416 e. The number of nitrogens with two attached hydrogens (primary N) is 1. The van der Waals surface area contributed by atoms with Crippen LogP contribution in [0.1, 0.15) is 24.0 Å². The second-order valence-electron chi connectivity index (χ2n) is 4.07. The number of alkyl halides is 3. The van der Waals surface area contributed by atoms with Gasteiger partial charge in [-0.2, -0.15) is 13.2 Å². The highest BCUT2D eigenvalue weighted by molar-refractivity contribution is 5.79. The van der Waals surface area contributed by atoms with E-state index in [4.69, 9.17) is 10.9 Å². The molecule has 0 amide bonds. The molecular formula is C12H16F3N3O. The summed E-state index contributed by atoms with van der Waals surface area (Å²) >= 11 is 0. The van der Waals surface area contributed by atoms with Gasteiger partial charge in [-0.25, -0.2) is 0 Å². The van der Waals surface area contributed by atoms with Crippen molar-refractivity contribution < 1.29 is 18.4 Å². The third-order valence-corrected chi connectivity index (χ3v) is 2.53. The second kappa shape index (κ2) is 6.98. The van der Waals surface area contributed by atoms with Crippen LogP contribution in [-0.4, -0.2) is 17.6 Å². The number of oxime groups is 1. The molecule has 4 nitrogen and oxygen atoms in total. The van der Waals surface area contributed by atoms with E-state index in [9.17, 15) is 13.2 Å². The van der Waals surface area contributed by atoms with E-state index in [0.717, 1.165) is 17.7 Å². The van der Waals surface area contributed by atoms with Gasteiger partial charge in [0.2, 0.25) is 0 Å². The minimum atomic E-state index is -4.30. The van der Waals surface area contributed by atoms with Gasteiger partial charge in [0.1, 0.15) is 5.84 Å². The summed E-state index contributed by atoms with van der Waals surface area (Å²) in [6, 6.07) is 5.01. The van der Waals surface area contributed by atoms with Crippen LogP contribution in [0.2, 0.25) is 0 Å². The Hall–Kier alpha value is -1.76. The van der Waals surface area contributed by atoms with Gasteiger partial charge in [0.25, 0.3) is 0 Å². The standard InChI is InChI=1S/C12H16F3N3O/c13-12(14,15)10-5-3-9(4-6-10)8-17-7-1-2-11(16)18-19/h3-6,17,19H,1-2,7-8H2,(H2,16,18). The molecule has 0 aliphatic rings. The zero-order chi connectivity index (χ0) is 14.3. The Kier molecular flexibility index (Phi) is 5.62. The van der Waals surface area contributed by atoms with Gasteiger partial charge in [-0.3, -0.25) is 0 Å². The highest BCUT2D eigenvalue weighted by atomic mass is 19.4. The summed E-state index contributed by atoms with van der Waals surface area (Å²) < 4.78 is 37.0. The minimum absolute atomic E-state index is 0.163. The average molecular weight is 275 g/mol.